The zero-order valence-corrected chi connectivity index (χ0v) is 10.1. The van der Waals surface area contributed by atoms with Gasteiger partial charge in [0.2, 0.25) is 0 Å². The standard InChI is InChI=1S/C12H22O4/c1-9-3-5-12(6-4-9,7-10(13)14)8-11(15)16-2/h9-10,13-14H,3-8H2,1-2H3. The maximum absolute atomic E-state index is 11.4. The van der Waals surface area contributed by atoms with Crippen LogP contribution in [-0.4, -0.2) is 29.6 Å². The monoisotopic (exact) mass is 230 g/mol. The van der Waals surface area contributed by atoms with E-state index in [0.717, 1.165) is 25.7 Å². The fourth-order valence-electron chi connectivity index (χ4n) is 2.59. The average Bonchev–Trinajstić information content (AvgIpc) is 2.21. The molecule has 1 fully saturated rings. The Morgan fingerprint density at radius 1 is 1.44 bits per heavy atom. The van der Waals surface area contributed by atoms with Crippen molar-refractivity contribution in [3.05, 3.63) is 0 Å². The number of esters is 1. The molecule has 0 unspecified atom stereocenters. The summed E-state index contributed by atoms with van der Waals surface area (Å²) in [5.74, 6) is 0.414. The molecule has 0 radical (unpaired) electrons. The van der Waals surface area contributed by atoms with Gasteiger partial charge in [-0.05, 0) is 24.2 Å². The van der Waals surface area contributed by atoms with Crippen molar-refractivity contribution in [2.45, 2.75) is 51.7 Å². The summed E-state index contributed by atoms with van der Waals surface area (Å²) in [6.07, 6.45) is 3.08. The molecule has 1 saturated carbocycles. The van der Waals surface area contributed by atoms with Gasteiger partial charge in [0, 0.05) is 6.42 Å². The van der Waals surface area contributed by atoms with Gasteiger partial charge in [0.05, 0.1) is 13.5 Å². The first-order valence-electron chi connectivity index (χ1n) is 5.90. The second kappa shape index (κ2) is 5.64. The Bertz CT molecular complexity index is 229. The van der Waals surface area contributed by atoms with Crippen molar-refractivity contribution < 1.29 is 19.7 Å². The Morgan fingerprint density at radius 3 is 2.44 bits per heavy atom. The lowest BCUT2D eigenvalue weighted by Crippen LogP contribution is -2.33. The van der Waals surface area contributed by atoms with Crippen LogP contribution in [0.5, 0.6) is 0 Å². The van der Waals surface area contributed by atoms with E-state index >= 15 is 0 Å². The Morgan fingerprint density at radius 2 is 2.00 bits per heavy atom. The molecule has 0 saturated heterocycles. The summed E-state index contributed by atoms with van der Waals surface area (Å²) < 4.78 is 4.68. The number of aliphatic hydroxyl groups is 2. The Hall–Kier alpha value is -0.610. The third-order valence-electron chi connectivity index (χ3n) is 3.70. The summed E-state index contributed by atoms with van der Waals surface area (Å²) in [6.45, 7) is 2.19. The van der Waals surface area contributed by atoms with Crippen molar-refractivity contribution in [2.75, 3.05) is 7.11 Å². The van der Waals surface area contributed by atoms with Gasteiger partial charge >= 0.3 is 5.97 Å². The van der Waals surface area contributed by atoms with Crippen LogP contribution in [0.15, 0.2) is 0 Å². The zero-order valence-electron chi connectivity index (χ0n) is 10.1. The first-order chi connectivity index (χ1) is 7.47. The highest BCUT2D eigenvalue weighted by molar-refractivity contribution is 5.70. The van der Waals surface area contributed by atoms with Gasteiger partial charge < -0.3 is 14.9 Å². The Kier molecular flexibility index (Phi) is 4.74. The van der Waals surface area contributed by atoms with Gasteiger partial charge in [0.25, 0.3) is 0 Å². The highest BCUT2D eigenvalue weighted by Crippen LogP contribution is 2.44. The lowest BCUT2D eigenvalue weighted by molar-refractivity contribution is -0.147. The Labute approximate surface area is 96.6 Å². The number of hydrogen-bond acceptors (Lipinski definition) is 4. The summed E-state index contributed by atoms with van der Waals surface area (Å²) in [7, 11) is 1.37. The molecule has 1 rings (SSSR count). The number of aliphatic hydroxyl groups excluding tert-OH is 1. The largest absolute Gasteiger partial charge is 0.469 e. The van der Waals surface area contributed by atoms with Crippen LogP contribution in [0.2, 0.25) is 0 Å². The summed E-state index contributed by atoms with van der Waals surface area (Å²) in [4.78, 5) is 11.4. The fraction of sp³-hybridized carbons (Fsp3) is 0.917. The molecule has 0 aromatic carbocycles. The third-order valence-corrected chi connectivity index (χ3v) is 3.70. The predicted molar refractivity (Wildman–Crippen MR) is 59.5 cm³/mol. The summed E-state index contributed by atoms with van der Waals surface area (Å²) >= 11 is 0. The number of ether oxygens (including phenoxy) is 1. The van der Waals surface area contributed by atoms with Crippen molar-refractivity contribution in [1.82, 2.24) is 0 Å². The van der Waals surface area contributed by atoms with E-state index in [1.54, 1.807) is 0 Å². The molecule has 4 heteroatoms. The van der Waals surface area contributed by atoms with Crippen molar-refractivity contribution in [3.63, 3.8) is 0 Å². The van der Waals surface area contributed by atoms with E-state index in [9.17, 15) is 4.79 Å². The van der Waals surface area contributed by atoms with Crippen LogP contribution in [0.3, 0.4) is 0 Å². The maximum atomic E-state index is 11.4. The summed E-state index contributed by atoms with van der Waals surface area (Å²) in [6, 6.07) is 0. The third kappa shape index (κ3) is 3.76. The minimum atomic E-state index is -1.34. The van der Waals surface area contributed by atoms with E-state index in [-0.39, 0.29) is 17.8 Å². The van der Waals surface area contributed by atoms with Crippen LogP contribution in [0.4, 0.5) is 0 Å². The molecule has 0 aromatic heterocycles. The molecule has 0 atom stereocenters. The topological polar surface area (TPSA) is 66.8 Å². The fourth-order valence-corrected chi connectivity index (χ4v) is 2.59. The molecule has 1 aliphatic rings. The Balaban J connectivity index is 2.65. The van der Waals surface area contributed by atoms with E-state index in [2.05, 4.69) is 11.7 Å². The van der Waals surface area contributed by atoms with Crippen LogP contribution in [0.25, 0.3) is 0 Å². The van der Waals surface area contributed by atoms with Crippen molar-refractivity contribution >= 4 is 5.97 Å². The molecular weight excluding hydrogens is 208 g/mol. The molecule has 2 N–H and O–H groups in total. The lowest BCUT2D eigenvalue weighted by Gasteiger charge is -2.39. The number of hydrogen-bond donors (Lipinski definition) is 2. The highest BCUT2D eigenvalue weighted by atomic mass is 16.5. The van der Waals surface area contributed by atoms with Crippen LogP contribution < -0.4 is 0 Å². The second-order valence-electron chi connectivity index (χ2n) is 5.12. The quantitative estimate of drug-likeness (QED) is 0.566. The van der Waals surface area contributed by atoms with Crippen LogP contribution in [-0.2, 0) is 9.53 Å². The SMILES string of the molecule is COC(=O)CC1(CC(O)O)CCC(C)CC1. The van der Waals surface area contributed by atoms with Gasteiger partial charge in [-0.3, -0.25) is 4.79 Å². The van der Waals surface area contributed by atoms with E-state index in [4.69, 9.17) is 10.2 Å². The maximum Gasteiger partial charge on any atom is 0.306 e. The molecule has 0 aliphatic heterocycles. The first kappa shape index (κ1) is 13.5. The summed E-state index contributed by atoms with van der Waals surface area (Å²) in [5, 5.41) is 18.2. The number of carbonyl (C=O) groups is 1. The molecule has 0 spiro atoms. The minimum Gasteiger partial charge on any atom is -0.469 e. The molecule has 0 aromatic rings. The minimum absolute atomic E-state index is 0.254. The van der Waals surface area contributed by atoms with Gasteiger partial charge in [-0.2, -0.15) is 0 Å². The number of carbonyl (C=O) groups excluding carboxylic acids is 1. The molecule has 4 nitrogen and oxygen atoms in total. The first-order valence-corrected chi connectivity index (χ1v) is 5.90. The van der Waals surface area contributed by atoms with E-state index in [1.165, 1.54) is 7.11 Å². The molecule has 1 aliphatic carbocycles. The molecular formula is C12H22O4. The zero-order chi connectivity index (χ0) is 12.2. The van der Waals surface area contributed by atoms with Crippen LogP contribution in [0, 0.1) is 11.3 Å². The lowest BCUT2D eigenvalue weighted by atomic mass is 9.67. The smallest absolute Gasteiger partial charge is 0.306 e. The van der Waals surface area contributed by atoms with Crippen molar-refractivity contribution in [3.8, 4) is 0 Å². The molecule has 94 valence electrons. The van der Waals surface area contributed by atoms with E-state index in [0.29, 0.717) is 12.3 Å². The summed E-state index contributed by atoms with van der Waals surface area (Å²) in [5.41, 5.74) is -0.270. The highest BCUT2D eigenvalue weighted by Gasteiger charge is 2.37. The number of methoxy groups -OCH3 is 1. The van der Waals surface area contributed by atoms with Gasteiger partial charge in [-0.1, -0.05) is 19.8 Å². The van der Waals surface area contributed by atoms with Crippen molar-refractivity contribution in [1.29, 1.82) is 0 Å². The number of rotatable bonds is 4. The van der Waals surface area contributed by atoms with Crippen LogP contribution >= 0.6 is 0 Å². The van der Waals surface area contributed by atoms with E-state index in [1.807, 2.05) is 0 Å². The average molecular weight is 230 g/mol. The van der Waals surface area contributed by atoms with E-state index < -0.39 is 6.29 Å². The second-order valence-corrected chi connectivity index (χ2v) is 5.12. The molecule has 16 heavy (non-hydrogen) atoms. The molecule has 0 amide bonds. The van der Waals surface area contributed by atoms with Gasteiger partial charge in [0.1, 0.15) is 0 Å². The van der Waals surface area contributed by atoms with Gasteiger partial charge in [-0.25, -0.2) is 0 Å². The normalized spacial score (nSPS) is 30.4. The molecule has 0 bridgehead atoms. The van der Waals surface area contributed by atoms with Crippen LogP contribution in [0.1, 0.15) is 45.4 Å². The van der Waals surface area contributed by atoms with Gasteiger partial charge in [-0.15, -0.1) is 0 Å². The van der Waals surface area contributed by atoms with Gasteiger partial charge in [0.15, 0.2) is 6.29 Å². The van der Waals surface area contributed by atoms with Crippen molar-refractivity contribution in [2.24, 2.45) is 11.3 Å². The predicted octanol–water partition coefficient (Wildman–Crippen LogP) is 1.45. The molecule has 0 heterocycles.